The third-order valence-corrected chi connectivity index (χ3v) is 10.4. The van der Waals surface area contributed by atoms with Crippen molar-refractivity contribution in [2.24, 2.45) is 0 Å². The van der Waals surface area contributed by atoms with E-state index in [1.165, 1.54) is 12.2 Å². The van der Waals surface area contributed by atoms with Gasteiger partial charge in [0.15, 0.2) is 18.7 Å². The standard InChI is InChI=1S/C41H60O20/c1-2-3-4-5-6-7-9-12-22(46)13-10-8-11-14-28(49)59-38-35(55)37(29-21(17-42)15-23(47)16-24(29)48)56-27(20-45)36(38)60-41-39(33(53)31(51)26(19-44)58-41)61-40-34(54)32(52)30(50)25(18-43)57-40/h6-12,14-16,22,25-27,30-48,50-55H,2-5,13,17-20H2,1H3/b7-6+,10-8+,12-9+,14-11+/t22-,25-,26-,27-,30+,31+,32+,33+,34-,35+,36-,37+,38-,39-,40+,41+/m1/s1. The molecule has 3 aliphatic heterocycles. The first-order chi connectivity index (χ1) is 29.2. The number of benzene rings is 1. The molecule has 0 amide bonds. The summed E-state index contributed by atoms with van der Waals surface area (Å²) in [4.78, 5) is 13.3. The topological polar surface area (TPSA) is 335 Å². The van der Waals surface area contributed by atoms with Gasteiger partial charge in [0.2, 0.25) is 0 Å². The fraction of sp³-hybridized carbons (Fsp3) is 0.634. The highest BCUT2D eigenvalue weighted by Crippen LogP contribution is 2.43. The Morgan fingerprint density at radius 2 is 1.34 bits per heavy atom. The number of allylic oxidation sites excluding steroid dienone is 5. The van der Waals surface area contributed by atoms with Gasteiger partial charge in [-0.15, -0.1) is 0 Å². The molecule has 3 heterocycles. The van der Waals surface area contributed by atoms with Gasteiger partial charge in [-0.3, -0.25) is 0 Å². The zero-order valence-electron chi connectivity index (χ0n) is 33.5. The van der Waals surface area contributed by atoms with Crippen molar-refractivity contribution in [1.29, 1.82) is 0 Å². The number of aliphatic hydroxyl groups is 11. The lowest BCUT2D eigenvalue weighted by molar-refractivity contribution is -0.383. The SMILES string of the molecule is CCCCC/C=C/C=C/[C@@H](O)C/C=C/C=C/C(=O)O[C@@H]1[C@@H](O)[C@H](c2c(O)cc(O)cc2CO)O[C@H](CO)[C@H]1O[C@@H]1O[C@H](CO)[C@H](O)[C@H](O)[C@H]1O[C@@H]1O[C@H](CO)[C@H](O)[C@H](O)[C@H]1O. The van der Waals surface area contributed by atoms with Crippen LogP contribution in [0.5, 0.6) is 11.5 Å². The maximum atomic E-state index is 13.3. The highest BCUT2D eigenvalue weighted by atomic mass is 16.8. The van der Waals surface area contributed by atoms with Crippen LogP contribution in [0.25, 0.3) is 0 Å². The molecule has 0 saturated carbocycles. The molecule has 0 aromatic heterocycles. The summed E-state index contributed by atoms with van der Waals surface area (Å²) in [5.41, 5.74) is -0.361. The predicted molar refractivity (Wildman–Crippen MR) is 209 cm³/mol. The second-order valence-electron chi connectivity index (χ2n) is 14.9. The third-order valence-electron chi connectivity index (χ3n) is 10.4. The van der Waals surface area contributed by atoms with Crippen LogP contribution >= 0.6 is 0 Å². The Bertz CT molecular complexity index is 1620. The molecule has 0 unspecified atom stereocenters. The molecule has 61 heavy (non-hydrogen) atoms. The monoisotopic (exact) mass is 872 g/mol. The van der Waals surface area contributed by atoms with Gasteiger partial charge in [0.05, 0.1) is 32.5 Å². The first kappa shape index (κ1) is 50.3. The number of phenolic OH excluding ortho intramolecular Hbond substituents is 2. The summed E-state index contributed by atoms with van der Waals surface area (Å²) in [5.74, 6) is -2.19. The summed E-state index contributed by atoms with van der Waals surface area (Å²) in [6.07, 6.45) is -11.2. The van der Waals surface area contributed by atoms with Crippen LogP contribution in [-0.4, -0.2) is 184 Å². The Kier molecular flexibility index (Phi) is 20.1. The van der Waals surface area contributed by atoms with Crippen LogP contribution in [0.15, 0.2) is 60.7 Å². The highest BCUT2D eigenvalue weighted by molar-refractivity contribution is 5.82. The molecule has 1 aromatic carbocycles. The molecule has 3 saturated heterocycles. The van der Waals surface area contributed by atoms with E-state index >= 15 is 0 Å². The summed E-state index contributed by atoms with van der Waals surface area (Å²) in [5, 5.41) is 136. The number of carbonyl (C=O) groups is 1. The van der Waals surface area contributed by atoms with Gasteiger partial charge in [0.25, 0.3) is 0 Å². The van der Waals surface area contributed by atoms with Crippen LogP contribution in [-0.2, 0) is 39.8 Å². The van der Waals surface area contributed by atoms with E-state index in [2.05, 4.69) is 6.92 Å². The summed E-state index contributed by atoms with van der Waals surface area (Å²) < 4.78 is 34.6. The molecule has 0 radical (unpaired) electrons. The number of hydrogen-bond donors (Lipinski definition) is 13. The number of aromatic hydroxyl groups is 2. The molecule has 344 valence electrons. The van der Waals surface area contributed by atoms with Crippen LogP contribution in [0.4, 0.5) is 0 Å². The number of phenols is 2. The minimum absolute atomic E-state index is 0.112. The molecule has 0 spiro atoms. The molecule has 3 aliphatic rings. The van der Waals surface area contributed by atoms with Gasteiger partial charge in [-0.25, -0.2) is 4.79 Å². The molecule has 20 nitrogen and oxygen atoms in total. The predicted octanol–water partition coefficient (Wildman–Crippen LogP) is -2.14. The first-order valence-corrected chi connectivity index (χ1v) is 20.1. The summed E-state index contributed by atoms with van der Waals surface area (Å²) in [6, 6.07) is 1.97. The smallest absolute Gasteiger partial charge is 0.331 e. The minimum Gasteiger partial charge on any atom is -0.508 e. The van der Waals surface area contributed by atoms with Crippen molar-refractivity contribution in [2.75, 3.05) is 19.8 Å². The number of unbranched alkanes of at least 4 members (excludes halogenated alkanes) is 3. The van der Waals surface area contributed by atoms with Crippen molar-refractivity contribution >= 4 is 5.97 Å². The summed E-state index contributed by atoms with van der Waals surface area (Å²) >= 11 is 0. The van der Waals surface area contributed by atoms with Gasteiger partial charge in [-0.05, 0) is 30.9 Å². The van der Waals surface area contributed by atoms with E-state index in [4.69, 9.17) is 28.4 Å². The Balaban J connectivity index is 1.62. The van der Waals surface area contributed by atoms with Crippen molar-refractivity contribution in [3.05, 3.63) is 71.9 Å². The molecule has 13 N–H and O–H groups in total. The van der Waals surface area contributed by atoms with E-state index in [0.29, 0.717) is 0 Å². The van der Waals surface area contributed by atoms with Crippen molar-refractivity contribution in [3.8, 4) is 11.5 Å². The van der Waals surface area contributed by atoms with Gasteiger partial charge in [-0.2, -0.15) is 0 Å². The molecule has 16 atom stereocenters. The van der Waals surface area contributed by atoms with Crippen LogP contribution in [0.2, 0.25) is 0 Å². The maximum Gasteiger partial charge on any atom is 0.331 e. The molecule has 3 fully saturated rings. The lowest BCUT2D eigenvalue weighted by atomic mass is 9.88. The van der Waals surface area contributed by atoms with Crippen molar-refractivity contribution in [3.63, 3.8) is 0 Å². The molecule has 1 aromatic rings. The van der Waals surface area contributed by atoms with Gasteiger partial charge >= 0.3 is 5.97 Å². The minimum atomic E-state index is -2.02. The number of rotatable bonds is 20. The van der Waals surface area contributed by atoms with Crippen molar-refractivity contribution in [2.45, 2.75) is 144 Å². The number of aliphatic hydroxyl groups excluding tert-OH is 11. The van der Waals surface area contributed by atoms with Crippen molar-refractivity contribution in [1.82, 2.24) is 0 Å². The third kappa shape index (κ3) is 13.1. The second-order valence-corrected chi connectivity index (χ2v) is 14.9. The number of ether oxygens (including phenoxy) is 6. The largest absolute Gasteiger partial charge is 0.508 e. The van der Waals surface area contributed by atoms with Crippen LogP contribution in [0.3, 0.4) is 0 Å². The molecule has 20 heteroatoms. The van der Waals surface area contributed by atoms with E-state index in [9.17, 15) is 71.2 Å². The summed E-state index contributed by atoms with van der Waals surface area (Å²) in [7, 11) is 0. The van der Waals surface area contributed by atoms with E-state index in [0.717, 1.165) is 43.9 Å². The average molecular weight is 873 g/mol. The zero-order chi connectivity index (χ0) is 44.8. The number of carbonyl (C=O) groups excluding carboxylic acids is 1. The Labute approximate surface area is 352 Å². The Morgan fingerprint density at radius 1 is 0.705 bits per heavy atom. The maximum absolute atomic E-state index is 13.3. The lowest BCUT2D eigenvalue weighted by Crippen LogP contribution is -2.66. The van der Waals surface area contributed by atoms with E-state index in [1.807, 2.05) is 12.2 Å². The zero-order valence-corrected chi connectivity index (χ0v) is 33.5. The van der Waals surface area contributed by atoms with Gasteiger partial charge in [-0.1, -0.05) is 62.3 Å². The van der Waals surface area contributed by atoms with E-state index < -0.39 is 142 Å². The fourth-order valence-corrected chi connectivity index (χ4v) is 7.11. The highest BCUT2D eigenvalue weighted by Gasteiger charge is 2.55. The van der Waals surface area contributed by atoms with Crippen LogP contribution < -0.4 is 0 Å². The van der Waals surface area contributed by atoms with Crippen molar-refractivity contribution < 1.29 is 99.6 Å². The van der Waals surface area contributed by atoms with Gasteiger partial charge < -0.3 is 94.8 Å². The van der Waals surface area contributed by atoms with Crippen LogP contribution in [0.1, 0.15) is 56.3 Å². The average Bonchev–Trinajstić information content (AvgIpc) is 3.24. The normalized spacial score (nSPS) is 35.4. The van der Waals surface area contributed by atoms with E-state index in [-0.39, 0.29) is 17.5 Å². The second kappa shape index (κ2) is 24.5. The Morgan fingerprint density at radius 3 is 2.00 bits per heavy atom. The quantitative estimate of drug-likeness (QED) is 0.0288. The molecule has 4 rings (SSSR count). The lowest BCUT2D eigenvalue weighted by Gasteiger charge is -2.49. The van der Waals surface area contributed by atoms with Gasteiger partial charge in [0, 0.05) is 17.7 Å². The number of esters is 1. The molecule has 0 bridgehead atoms. The fourth-order valence-electron chi connectivity index (χ4n) is 7.11. The molecular formula is C41H60O20. The van der Waals surface area contributed by atoms with E-state index in [1.54, 1.807) is 18.2 Å². The summed E-state index contributed by atoms with van der Waals surface area (Å²) in [6.45, 7) is -1.34. The van der Waals surface area contributed by atoms with Crippen LogP contribution in [0, 0.1) is 0 Å². The molecule has 0 aliphatic carbocycles. The number of hydrogen-bond acceptors (Lipinski definition) is 20. The molecular weight excluding hydrogens is 812 g/mol. The first-order valence-electron chi connectivity index (χ1n) is 20.1. The Hall–Kier alpha value is -3.39. The van der Waals surface area contributed by atoms with Gasteiger partial charge in [0.1, 0.15) is 84.7 Å².